The van der Waals surface area contributed by atoms with Gasteiger partial charge in [-0.15, -0.1) is 0 Å². The van der Waals surface area contributed by atoms with Gasteiger partial charge in [0.05, 0.1) is 25.3 Å². The van der Waals surface area contributed by atoms with Crippen molar-refractivity contribution in [3.8, 4) is 11.5 Å². The molecular formula is C20H19ClN2O4. The first-order valence-electron chi connectivity index (χ1n) is 8.25. The van der Waals surface area contributed by atoms with Gasteiger partial charge in [-0.2, -0.15) is 0 Å². The van der Waals surface area contributed by atoms with Crippen molar-refractivity contribution in [2.45, 2.75) is 13.5 Å². The van der Waals surface area contributed by atoms with Crippen LogP contribution in [0.25, 0.3) is 10.9 Å². The third kappa shape index (κ3) is 3.75. The number of amides is 1. The number of carbonyl (C=O) groups is 2. The molecular weight excluding hydrogens is 368 g/mol. The number of hydrogen-bond donors (Lipinski definition) is 1. The molecule has 1 heterocycles. The maximum atomic E-state index is 12.7. The number of ether oxygens (including phenoxy) is 2. The molecule has 0 spiro atoms. The normalized spacial score (nSPS) is 10.7. The van der Waals surface area contributed by atoms with Crippen molar-refractivity contribution in [2.24, 2.45) is 0 Å². The molecule has 27 heavy (non-hydrogen) atoms. The minimum Gasteiger partial charge on any atom is -0.493 e. The quantitative estimate of drug-likeness (QED) is 0.722. The number of aromatic nitrogens is 1. The molecule has 0 aliphatic heterocycles. The number of halogens is 1. The van der Waals surface area contributed by atoms with E-state index in [9.17, 15) is 9.59 Å². The molecule has 140 valence electrons. The fraction of sp³-hybridized carbons (Fsp3) is 0.200. The number of rotatable bonds is 5. The molecule has 0 saturated carbocycles. The van der Waals surface area contributed by atoms with E-state index in [-0.39, 0.29) is 11.8 Å². The van der Waals surface area contributed by atoms with Gasteiger partial charge in [-0.1, -0.05) is 23.7 Å². The largest absolute Gasteiger partial charge is 0.493 e. The lowest BCUT2D eigenvalue weighted by Gasteiger charge is -2.10. The number of nitrogens with one attached hydrogen (secondary N) is 1. The lowest BCUT2D eigenvalue weighted by atomic mass is 10.1. The van der Waals surface area contributed by atoms with Gasteiger partial charge in [-0.25, -0.2) is 0 Å². The Morgan fingerprint density at radius 3 is 2.48 bits per heavy atom. The third-order valence-corrected chi connectivity index (χ3v) is 4.49. The fourth-order valence-electron chi connectivity index (χ4n) is 2.91. The SMILES string of the molecule is COc1ccc(CNC(=O)c2cn(C(C)=O)c3cc(Cl)ccc23)cc1OC. The van der Waals surface area contributed by atoms with Crippen LogP contribution < -0.4 is 14.8 Å². The molecule has 0 radical (unpaired) electrons. The van der Waals surface area contributed by atoms with Gasteiger partial charge in [0, 0.05) is 30.1 Å². The van der Waals surface area contributed by atoms with E-state index >= 15 is 0 Å². The van der Waals surface area contributed by atoms with Crippen LogP contribution in [-0.4, -0.2) is 30.6 Å². The van der Waals surface area contributed by atoms with Crippen LogP contribution in [0, 0.1) is 0 Å². The zero-order chi connectivity index (χ0) is 19.6. The molecule has 0 bridgehead atoms. The van der Waals surface area contributed by atoms with Crippen molar-refractivity contribution < 1.29 is 19.1 Å². The summed E-state index contributed by atoms with van der Waals surface area (Å²) >= 11 is 6.03. The number of benzene rings is 2. The molecule has 0 fully saturated rings. The van der Waals surface area contributed by atoms with E-state index < -0.39 is 0 Å². The van der Waals surface area contributed by atoms with Gasteiger partial charge in [-0.05, 0) is 29.8 Å². The van der Waals surface area contributed by atoms with E-state index in [0.29, 0.717) is 39.5 Å². The van der Waals surface area contributed by atoms with Gasteiger partial charge < -0.3 is 14.8 Å². The summed E-state index contributed by atoms with van der Waals surface area (Å²) in [5.74, 6) is 0.736. The molecule has 3 aromatic rings. The molecule has 6 nitrogen and oxygen atoms in total. The minimum atomic E-state index is -0.280. The monoisotopic (exact) mass is 386 g/mol. The van der Waals surface area contributed by atoms with Crippen LogP contribution in [0.2, 0.25) is 5.02 Å². The van der Waals surface area contributed by atoms with Gasteiger partial charge >= 0.3 is 0 Å². The lowest BCUT2D eigenvalue weighted by molar-refractivity contribution is 0.0941. The second-order valence-corrected chi connectivity index (χ2v) is 6.40. The second-order valence-electron chi connectivity index (χ2n) is 5.97. The molecule has 3 rings (SSSR count). The number of carbonyl (C=O) groups excluding carboxylic acids is 2. The number of nitrogens with zero attached hydrogens (tertiary/aromatic N) is 1. The highest BCUT2D eigenvalue weighted by Crippen LogP contribution is 2.28. The van der Waals surface area contributed by atoms with Gasteiger partial charge in [0.25, 0.3) is 5.91 Å². The average Bonchev–Trinajstić information content (AvgIpc) is 3.04. The van der Waals surface area contributed by atoms with Crippen molar-refractivity contribution in [1.29, 1.82) is 0 Å². The number of hydrogen-bond acceptors (Lipinski definition) is 4. The Labute approximate surface area is 161 Å². The molecule has 1 aromatic heterocycles. The third-order valence-electron chi connectivity index (χ3n) is 4.25. The summed E-state index contributed by atoms with van der Waals surface area (Å²) in [5, 5.41) is 4.04. The highest BCUT2D eigenvalue weighted by Gasteiger charge is 2.17. The predicted molar refractivity (Wildman–Crippen MR) is 104 cm³/mol. The van der Waals surface area contributed by atoms with Gasteiger partial charge in [-0.3, -0.25) is 14.2 Å². The fourth-order valence-corrected chi connectivity index (χ4v) is 3.08. The summed E-state index contributed by atoms with van der Waals surface area (Å²) in [5.41, 5.74) is 1.88. The van der Waals surface area contributed by atoms with Gasteiger partial charge in [0.2, 0.25) is 5.91 Å². The van der Waals surface area contributed by atoms with Crippen LogP contribution in [0.1, 0.15) is 27.6 Å². The second kappa shape index (κ2) is 7.72. The molecule has 1 amide bonds. The Balaban J connectivity index is 1.86. The van der Waals surface area contributed by atoms with Crippen LogP contribution in [0.5, 0.6) is 11.5 Å². The van der Waals surface area contributed by atoms with E-state index in [1.807, 2.05) is 6.07 Å². The standard InChI is InChI=1S/C20H19ClN2O4/c1-12(24)23-11-16(15-6-5-14(21)9-17(15)23)20(25)22-10-13-4-7-18(26-2)19(8-13)27-3/h4-9,11H,10H2,1-3H3,(H,22,25). The van der Waals surface area contributed by atoms with Crippen LogP contribution in [-0.2, 0) is 6.54 Å². The van der Waals surface area contributed by atoms with Crippen LogP contribution >= 0.6 is 11.6 Å². The van der Waals surface area contributed by atoms with Crippen LogP contribution in [0.4, 0.5) is 0 Å². The first-order chi connectivity index (χ1) is 12.9. The Bertz CT molecular complexity index is 1030. The maximum absolute atomic E-state index is 12.7. The Morgan fingerprint density at radius 1 is 1.07 bits per heavy atom. The van der Waals surface area contributed by atoms with Gasteiger partial charge in [0.1, 0.15) is 0 Å². The van der Waals surface area contributed by atoms with Crippen LogP contribution in [0.3, 0.4) is 0 Å². The van der Waals surface area contributed by atoms with E-state index in [2.05, 4.69) is 5.32 Å². The summed E-state index contributed by atoms with van der Waals surface area (Å²) in [6, 6.07) is 10.5. The summed E-state index contributed by atoms with van der Waals surface area (Å²) in [7, 11) is 3.12. The van der Waals surface area contributed by atoms with Crippen molar-refractivity contribution in [2.75, 3.05) is 14.2 Å². The highest BCUT2D eigenvalue weighted by molar-refractivity contribution is 6.31. The zero-order valence-electron chi connectivity index (χ0n) is 15.2. The first-order valence-corrected chi connectivity index (χ1v) is 8.63. The summed E-state index contributed by atoms with van der Waals surface area (Å²) in [6.07, 6.45) is 1.53. The van der Waals surface area contributed by atoms with Crippen molar-refractivity contribution >= 4 is 34.3 Å². The molecule has 0 atom stereocenters. The predicted octanol–water partition coefficient (Wildman–Crippen LogP) is 3.90. The van der Waals surface area contributed by atoms with Gasteiger partial charge in [0.15, 0.2) is 11.5 Å². The zero-order valence-corrected chi connectivity index (χ0v) is 16.0. The molecule has 7 heteroatoms. The van der Waals surface area contributed by atoms with Crippen LogP contribution in [0.15, 0.2) is 42.6 Å². The smallest absolute Gasteiger partial charge is 0.253 e. The number of fused-ring (bicyclic) bond motifs is 1. The Hall–Kier alpha value is -2.99. The molecule has 2 aromatic carbocycles. The summed E-state index contributed by atoms with van der Waals surface area (Å²) in [6.45, 7) is 1.74. The summed E-state index contributed by atoms with van der Waals surface area (Å²) < 4.78 is 11.9. The van der Waals surface area contributed by atoms with E-state index in [1.165, 1.54) is 17.7 Å². The van der Waals surface area contributed by atoms with Crippen molar-refractivity contribution in [1.82, 2.24) is 9.88 Å². The van der Waals surface area contributed by atoms with E-state index in [4.69, 9.17) is 21.1 Å². The maximum Gasteiger partial charge on any atom is 0.253 e. The van der Waals surface area contributed by atoms with E-state index in [0.717, 1.165) is 5.56 Å². The van der Waals surface area contributed by atoms with Crippen molar-refractivity contribution in [3.63, 3.8) is 0 Å². The molecule has 0 unspecified atom stereocenters. The molecule has 0 aliphatic rings. The minimum absolute atomic E-state index is 0.193. The molecule has 0 saturated heterocycles. The molecule has 1 N–H and O–H groups in total. The highest BCUT2D eigenvalue weighted by atomic mass is 35.5. The first kappa shape index (κ1) is 18.8. The summed E-state index contributed by atoms with van der Waals surface area (Å²) in [4.78, 5) is 24.6. The van der Waals surface area contributed by atoms with Crippen molar-refractivity contribution in [3.05, 3.63) is 58.7 Å². The Kier molecular flexibility index (Phi) is 5.37. The Morgan fingerprint density at radius 2 is 1.81 bits per heavy atom. The lowest BCUT2D eigenvalue weighted by Crippen LogP contribution is -2.22. The average molecular weight is 387 g/mol. The van der Waals surface area contributed by atoms with E-state index in [1.54, 1.807) is 44.6 Å². The number of methoxy groups -OCH3 is 2. The molecule has 0 aliphatic carbocycles. The topological polar surface area (TPSA) is 69.6 Å².